The zero-order valence-corrected chi connectivity index (χ0v) is 10.7. The lowest BCUT2D eigenvalue weighted by atomic mass is 10.1. The molecule has 3 N–H and O–H groups in total. The third-order valence-corrected chi connectivity index (χ3v) is 3.24. The Morgan fingerprint density at radius 1 is 1.41 bits per heavy atom. The summed E-state index contributed by atoms with van der Waals surface area (Å²) in [6, 6.07) is 0. The van der Waals surface area contributed by atoms with Gasteiger partial charge in [-0.1, -0.05) is 37.9 Å². The second kappa shape index (κ2) is 7.16. The fourth-order valence-corrected chi connectivity index (χ4v) is 2.01. The summed E-state index contributed by atoms with van der Waals surface area (Å²) in [5.74, 6) is 5.56. The molecule has 96 valence electrons. The largest absolute Gasteiger partial charge is 0.481 e. The molecular formula is C10H18N4O2S. The van der Waals surface area contributed by atoms with Crippen LogP contribution in [-0.2, 0) is 11.2 Å². The first-order valence-corrected chi connectivity index (χ1v) is 6.67. The molecule has 0 fully saturated rings. The predicted molar refractivity (Wildman–Crippen MR) is 66.4 cm³/mol. The summed E-state index contributed by atoms with van der Waals surface area (Å²) < 4.78 is 1.39. The fourth-order valence-electron chi connectivity index (χ4n) is 1.41. The molecular weight excluding hydrogens is 240 g/mol. The number of aliphatic carboxylic acids is 1. The van der Waals surface area contributed by atoms with E-state index >= 15 is 0 Å². The minimum atomic E-state index is -0.887. The second-order valence-corrected chi connectivity index (χ2v) is 4.70. The normalized spacial score (nSPS) is 10.6. The van der Waals surface area contributed by atoms with Gasteiger partial charge in [0.1, 0.15) is 0 Å². The van der Waals surface area contributed by atoms with Crippen molar-refractivity contribution in [2.24, 2.45) is 0 Å². The molecule has 0 saturated heterocycles. The van der Waals surface area contributed by atoms with Crippen molar-refractivity contribution in [2.45, 2.75) is 44.2 Å². The van der Waals surface area contributed by atoms with Crippen molar-refractivity contribution >= 4 is 17.7 Å². The molecule has 0 atom stereocenters. The minimum Gasteiger partial charge on any atom is -0.481 e. The molecule has 0 spiro atoms. The van der Waals surface area contributed by atoms with E-state index in [4.69, 9.17) is 10.9 Å². The Bertz CT molecular complexity index is 367. The van der Waals surface area contributed by atoms with Crippen LogP contribution >= 0.6 is 11.8 Å². The number of hydrogen-bond acceptors (Lipinski definition) is 5. The van der Waals surface area contributed by atoms with Gasteiger partial charge in [0.25, 0.3) is 0 Å². The molecule has 1 aromatic rings. The first-order chi connectivity index (χ1) is 8.15. The van der Waals surface area contributed by atoms with Gasteiger partial charge in [-0.25, -0.2) is 4.68 Å². The summed E-state index contributed by atoms with van der Waals surface area (Å²) in [6.45, 7) is 2.16. The van der Waals surface area contributed by atoms with Gasteiger partial charge in [-0.2, -0.15) is 0 Å². The van der Waals surface area contributed by atoms with Gasteiger partial charge in [0, 0.05) is 6.42 Å². The first-order valence-electron chi connectivity index (χ1n) is 5.69. The van der Waals surface area contributed by atoms with E-state index in [1.807, 2.05) is 0 Å². The molecule has 0 amide bonds. The summed E-state index contributed by atoms with van der Waals surface area (Å²) >= 11 is 1.08. The molecule has 6 nitrogen and oxygen atoms in total. The zero-order chi connectivity index (χ0) is 12.7. The maximum atomic E-state index is 10.4. The summed E-state index contributed by atoms with van der Waals surface area (Å²) in [5, 5.41) is 16.8. The molecule has 0 radical (unpaired) electrons. The molecule has 1 rings (SSSR count). The van der Waals surface area contributed by atoms with Gasteiger partial charge in [-0.15, -0.1) is 10.2 Å². The summed E-state index contributed by atoms with van der Waals surface area (Å²) in [5.41, 5.74) is 0. The molecule has 0 aliphatic rings. The Hall–Kier alpha value is -1.24. The van der Waals surface area contributed by atoms with Gasteiger partial charge in [-0.05, 0) is 6.42 Å². The Kier molecular flexibility index (Phi) is 5.82. The quantitative estimate of drug-likeness (QED) is 0.414. The number of nitrogens with zero attached hydrogens (tertiary/aromatic N) is 3. The second-order valence-electron chi connectivity index (χ2n) is 3.76. The van der Waals surface area contributed by atoms with Crippen LogP contribution in [0.15, 0.2) is 5.16 Å². The molecule has 7 heteroatoms. The summed E-state index contributed by atoms with van der Waals surface area (Å²) in [7, 11) is 0. The molecule has 0 aromatic carbocycles. The van der Waals surface area contributed by atoms with Crippen LogP contribution in [-0.4, -0.2) is 31.7 Å². The average Bonchev–Trinajstić information content (AvgIpc) is 2.63. The van der Waals surface area contributed by atoms with Gasteiger partial charge < -0.3 is 10.9 Å². The molecule has 0 unspecified atom stereocenters. The third kappa shape index (κ3) is 4.64. The molecule has 0 bridgehead atoms. The standard InChI is InChI=1S/C10H18N4O2S/c1-2-3-4-5-6-8-12-13-10(14(8)11)17-7-9(15)16/h2-7,11H2,1H3,(H,15,16). The smallest absolute Gasteiger partial charge is 0.313 e. The molecule has 0 aliphatic heterocycles. The third-order valence-electron chi connectivity index (χ3n) is 2.31. The van der Waals surface area contributed by atoms with Crippen molar-refractivity contribution < 1.29 is 9.90 Å². The van der Waals surface area contributed by atoms with Gasteiger partial charge in [0.2, 0.25) is 5.16 Å². The van der Waals surface area contributed by atoms with Crippen molar-refractivity contribution in [1.82, 2.24) is 14.9 Å². The van der Waals surface area contributed by atoms with Crippen LogP contribution in [0, 0.1) is 0 Å². The summed E-state index contributed by atoms with van der Waals surface area (Å²) in [4.78, 5) is 10.4. The van der Waals surface area contributed by atoms with Gasteiger partial charge in [0.15, 0.2) is 5.82 Å². The monoisotopic (exact) mass is 258 g/mol. The Balaban J connectivity index is 2.43. The van der Waals surface area contributed by atoms with E-state index in [0.29, 0.717) is 11.0 Å². The Morgan fingerprint density at radius 3 is 2.82 bits per heavy atom. The van der Waals surface area contributed by atoms with E-state index in [1.165, 1.54) is 17.5 Å². The lowest BCUT2D eigenvalue weighted by Gasteiger charge is -2.02. The van der Waals surface area contributed by atoms with E-state index < -0.39 is 5.97 Å². The van der Waals surface area contributed by atoms with E-state index in [9.17, 15) is 4.79 Å². The van der Waals surface area contributed by atoms with Crippen molar-refractivity contribution in [3.05, 3.63) is 5.82 Å². The maximum absolute atomic E-state index is 10.4. The number of carboxylic acid groups (broad SMARTS) is 1. The fraction of sp³-hybridized carbons (Fsp3) is 0.700. The first kappa shape index (κ1) is 13.8. The highest BCUT2D eigenvalue weighted by Gasteiger charge is 2.11. The Morgan fingerprint density at radius 2 is 2.18 bits per heavy atom. The molecule has 17 heavy (non-hydrogen) atoms. The lowest BCUT2D eigenvalue weighted by molar-refractivity contribution is -0.133. The van der Waals surface area contributed by atoms with Crippen LogP contribution in [0.4, 0.5) is 0 Å². The number of rotatable bonds is 8. The number of carbonyl (C=O) groups is 1. The van der Waals surface area contributed by atoms with Crippen LogP contribution in [0.2, 0.25) is 0 Å². The summed E-state index contributed by atoms with van der Waals surface area (Å²) in [6.07, 6.45) is 5.37. The number of carboxylic acids is 1. The van der Waals surface area contributed by atoms with Crippen molar-refractivity contribution in [2.75, 3.05) is 11.6 Å². The average molecular weight is 258 g/mol. The van der Waals surface area contributed by atoms with E-state index in [0.717, 1.165) is 31.0 Å². The molecule has 0 saturated carbocycles. The van der Waals surface area contributed by atoms with E-state index in [2.05, 4.69) is 17.1 Å². The van der Waals surface area contributed by atoms with Crippen LogP contribution in [0.3, 0.4) is 0 Å². The highest BCUT2D eigenvalue weighted by molar-refractivity contribution is 7.99. The van der Waals surface area contributed by atoms with E-state index in [-0.39, 0.29) is 5.75 Å². The van der Waals surface area contributed by atoms with Crippen LogP contribution in [0.25, 0.3) is 0 Å². The SMILES string of the molecule is CCCCCCc1nnc(SCC(=O)O)n1N. The number of nitrogens with two attached hydrogens (primary N) is 1. The number of aromatic nitrogens is 3. The Labute approximate surface area is 105 Å². The van der Waals surface area contributed by atoms with Crippen LogP contribution < -0.4 is 5.84 Å². The highest BCUT2D eigenvalue weighted by Crippen LogP contribution is 2.15. The minimum absolute atomic E-state index is 0.0504. The lowest BCUT2D eigenvalue weighted by Crippen LogP contribution is -2.14. The number of unbranched alkanes of at least 4 members (excludes halogenated alkanes) is 3. The van der Waals surface area contributed by atoms with Crippen LogP contribution in [0.1, 0.15) is 38.4 Å². The number of thioether (sulfide) groups is 1. The number of nitrogen functional groups attached to an aromatic ring is 1. The topological polar surface area (TPSA) is 94.0 Å². The van der Waals surface area contributed by atoms with Crippen molar-refractivity contribution in [3.63, 3.8) is 0 Å². The van der Waals surface area contributed by atoms with Crippen molar-refractivity contribution in [3.8, 4) is 0 Å². The van der Waals surface area contributed by atoms with Gasteiger partial charge in [0.05, 0.1) is 5.75 Å². The number of aryl methyl sites for hydroxylation is 1. The zero-order valence-electron chi connectivity index (χ0n) is 9.93. The maximum Gasteiger partial charge on any atom is 0.313 e. The highest BCUT2D eigenvalue weighted by atomic mass is 32.2. The van der Waals surface area contributed by atoms with Crippen LogP contribution in [0.5, 0.6) is 0 Å². The van der Waals surface area contributed by atoms with Gasteiger partial charge in [-0.3, -0.25) is 4.79 Å². The van der Waals surface area contributed by atoms with E-state index in [1.54, 1.807) is 0 Å². The van der Waals surface area contributed by atoms with Crippen molar-refractivity contribution in [1.29, 1.82) is 0 Å². The molecule has 1 aromatic heterocycles. The molecule has 0 aliphatic carbocycles. The molecule has 1 heterocycles. The van der Waals surface area contributed by atoms with Gasteiger partial charge >= 0.3 is 5.97 Å². The number of hydrogen-bond donors (Lipinski definition) is 2. The predicted octanol–water partition coefficient (Wildman–Crippen LogP) is 1.29.